The van der Waals surface area contributed by atoms with Crippen LogP contribution in [0.4, 0.5) is 5.69 Å². The Hall–Kier alpha value is -2.69. The van der Waals surface area contributed by atoms with Crippen LogP contribution in [0, 0.1) is 5.92 Å². The molecule has 0 saturated carbocycles. The topological polar surface area (TPSA) is 97.9 Å². The molecule has 0 spiro atoms. The fraction of sp³-hybridized carbons (Fsp3) is 0.391. The summed E-state index contributed by atoms with van der Waals surface area (Å²) >= 11 is 6.58. The Morgan fingerprint density at radius 1 is 1.27 bits per heavy atom. The smallest absolute Gasteiger partial charge is 0.266 e. The molecule has 0 bridgehead atoms. The molecule has 1 aromatic carbocycles. The van der Waals surface area contributed by atoms with Crippen molar-refractivity contribution in [3.63, 3.8) is 0 Å². The molecule has 2 amide bonds. The van der Waals surface area contributed by atoms with Crippen molar-refractivity contribution in [2.24, 2.45) is 18.7 Å². The highest BCUT2D eigenvalue weighted by Crippen LogP contribution is 2.37. The molecule has 10 heteroatoms. The number of nitrogens with zero attached hydrogens (tertiary/aromatic N) is 3. The Balaban J connectivity index is 1.82. The summed E-state index contributed by atoms with van der Waals surface area (Å²) in [5.41, 5.74) is 7.35. The summed E-state index contributed by atoms with van der Waals surface area (Å²) in [5, 5.41) is 0.915. The van der Waals surface area contributed by atoms with Gasteiger partial charge in [0.05, 0.1) is 34.8 Å². The van der Waals surface area contributed by atoms with Gasteiger partial charge in [-0.1, -0.05) is 42.2 Å². The fourth-order valence-electron chi connectivity index (χ4n) is 4.37. The fourth-order valence-corrected chi connectivity index (χ4v) is 5.66. The van der Waals surface area contributed by atoms with Crippen LogP contribution in [0.15, 0.2) is 34.0 Å². The maximum atomic E-state index is 13.5. The number of carbonyl (C=O) groups is 2. The van der Waals surface area contributed by atoms with E-state index in [1.54, 1.807) is 24.8 Å². The predicted octanol–water partition coefficient (Wildman–Crippen LogP) is 2.09. The second-order valence-electron chi connectivity index (χ2n) is 8.13. The van der Waals surface area contributed by atoms with Crippen LogP contribution in [0.25, 0.3) is 17.0 Å². The number of piperidine rings is 1. The highest BCUT2D eigenvalue weighted by atomic mass is 32.2. The molecule has 3 heterocycles. The first-order valence-corrected chi connectivity index (χ1v) is 12.0. The Morgan fingerprint density at radius 2 is 1.97 bits per heavy atom. The van der Waals surface area contributed by atoms with Gasteiger partial charge in [0.25, 0.3) is 11.5 Å². The lowest BCUT2D eigenvalue weighted by molar-refractivity contribution is -0.123. The Kier molecular flexibility index (Phi) is 6.87. The van der Waals surface area contributed by atoms with E-state index in [1.165, 1.54) is 16.7 Å². The second-order valence-corrected chi connectivity index (χ2v) is 9.81. The number of hydrogen-bond acceptors (Lipinski definition) is 7. The zero-order chi connectivity index (χ0) is 23.7. The molecule has 2 fully saturated rings. The van der Waals surface area contributed by atoms with Gasteiger partial charge in [0.15, 0.2) is 0 Å². The van der Waals surface area contributed by atoms with Crippen molar-refractivity contribution in [3.05, 3.63) is 45.1 Å². The van der Waals surface area contributed by atoms with E-state index in [0.29, 0.717) is 53.9 Å². The minimum atomic E-state index is -0.288. The number of amides is 2. The number of para-hydroxylation sites is 1. The summed E-state index contributed by atoms with van der Waals surface area (Å²) < 4.78 is 7.14. The van der Waals surface area contributed by atoms with Crippen molar-refractivity contribution < 1.29 is 14.3 Å². The van der Waals surface area contributed by atoms with Crippen molar-refractivity contribution in [1.82, 2.24) is 9.47 Å². The molecule has 2 saturated heterocycles. The SMILES string of the molecule is COCCN1C(=O)C(=Cc2c(N3CCC(C(N)=O)CC3)c3ccccc3n(C)c2=O)SC1=S. The molecule has 0 aliphatic carbocycles. The van der Waals surface area contributed by atoms with Crippen molar-refractivity contribution in [3.8, 4) is 0 Å². The minimum absolute atomic E-state index is 0.167. The quantitative estimate of drug-likeness (QED) is 0.493. The van der Waals surface area contributed by atoms with E-state index in [2.05, 4.69) is 4.90 Å². The van der Waals surface area contributed by atoms with E-state index >= 15 is 0 Å². The van der Waals surface area contributed by atoms with Crippen LogP contribution >= 0.6 is 24.0 Å². The lowest BCUT2D eigenvalue weighted by Gasteiger charge is -2.34. The first-order valence-electron chi connectivity index (χ1n) is 10.7. The molecule has 33 heavy (non-hydrogen) atoms. The van der Waals surface area contributed by atoms with Crippen LogP contribution < -0.4 is 16.2 Å². The number of rotatable bonds is 6. The van der Waals surface area contributed by atoms with Gasteiger partial charge in [-0.15, -0.1) is 0 Å². The number of thiocarbonyl (C=S) groups is 1. The van der Waals surface area contributed by atoms with Gasteiger partial charge in [-0.05, 0) is 25.0 Å². The summed E-state index contributed by atoms with van der Waals surface area (Å²) in [6.07, 6.45) is 2.91. The normalized spacial score (nSPS) is 18.7. The number of hydrogen-bond donors (Lipinski definition) is 1. The van der Waals surface area contributed by atoms with Gasteiger partial charge in [0.1, 0.15) is 4.32 Å². The molecule has 174 valence electrons. The van der Waals surface area contributed by atoms with Crippen molar-refractivity contribution in [2.45, 2.75) is 12.8 Å². The van der Waals surface area contributed by atoms with Gasteiger partial charge in [0.2, 0.25) is 5.91 Å². The molecule has 0 radical (unpaired) electrons. The zero-order valence-corrected chi connectivity index (χ0v) is 20.2. The predicted molar refractivity (Wildman–Crippen MR) is 135 cm³/mol. The number of anilines is 1. The van der Waals surface area contributed by atoms with Crippen LogP contribution in [-0.4, -0.2) is 59.0 Å². The molecular formula is C23H26N4O4S2. The number of nitrogens with two attached hydrogens (primary N) is 1. The Labute approximate surface area is 201 Å². The molecule has 8 nitrogen and oxygen atoms in total. The van der Waals surface area contributed by atoms with Gasteiger partial charge >= 0.3 is 0 Å². The molecule has 1 aromatic heterocycles. The number of methoxy groups -OCH3 is 1. The van der Waals surface area contributed by atoms with E-state index in [4.69, 9.17) is 22.7 Å². The van der Waals surface area contributed by atoms with Crippen molar-refractivity contribution in [2.75, 3.05) is 38.3 Å². The number of ether oxygens (including phenoxy) is 1. The molecule has 2 aliphatic heterocycles. The van der Waals surface area contributed by atoms with E-state index < -0.39 is 0 Å². The number of aromatic nitrogens is 1. The monoisotopic (exact) mass is 486 g/mol. The largest absolute Gasteiger partial charge is 0.383 e. The van der Waals surface area contributed by atoms with E-state index in [1.807, 2.05) is 24.3 Å². The maximum Gasteiger partial charge on any atom is 0.266 e. The number of thioether (sulfide) groups is 1. The summed E-state index contributed by atoms with van der Waals surface area (Å²) in [7, 11) is 3.30. The lowest BCUT2D eigenvalue weighted by atomic mass is 9.94. The van der Waals surface area contributed by atoms with Gasteiger partial charge in [-0.3, -0.25) is 19.3 Å². The number of benzene rings is 1. The van der Waals surface area contributed by atoms with Crippen LogP contribution in [0.3, 0.4) is 0 Å². The lowest BCUT2D eigenvalue weighted by Crippen LogP contribution is -2.40. The van der Waals surface area contributed by atoms with Crippen LogP contribution in [0.5, 0.6) is 0 Å². The first kappa shape index (κ1) is 23.5. The maximum absolute atomic E-state index is 13.5. The first-order chi connectivity index (χ1) is 15.8. The number of primary amides is 1. The van der Waals surface area contributed by atoms with Gasteiger partial charge < -0.3 is 19.9 Å². The molecule has 0 atom stereocenters. The molecule has 4 rings (SSSR count). The molecule has 0 unspecified atom stereocenters. The van der Waals surface area contributed by atoms with E-state index in [0.717, 1.165) is 16.6 Å². The average molecular weight is 487 g/mol. The Morgan fingerprint density at radius 3 is 2.64 bits per heavy atom. The highest BCUT2D eigenvalue weighted by molar-refractivity contribution is 8.26. The zero-order valence-electron chi connectivity index (χ0n) is 18.6. The highest BCUT2D eigenvalue weighted by Gasteiger charge is 2.33. The number of carbonyl (C=O) groups excluding carboxylic acids is 2. The summed E-state index contributed by atoms with van der Waals surface area (Å²) in [6.45, 7) is 1.93. The third-order valence-electron chi connectivity index (χ3n) is 6.19. The summed E-state index contributed by atoms with van der Waals surface area (Å²) in [6, 6.07) is 7.71. The van der Waals surface area contributed by atoms with E-state index in [-0.39, 0.29) is 23.3 Å². The summed E-state index contributed by atoms with van der Waals surface area (Å²) in [4.78, 5) is 42.2. The van der Waals surface area contributed by atoms with Crippen LogP contribution in [-0.2, 0) is 21.4 Å². The molecular weight excluding hydrogens is 460 g/mol. The number of aryl methyl sites for hydroxylation is 1. The Bertz CT molecular complexity index is 1210. The second kappa shape index (κ2) is 9.66. The molecule has 2 aliphatic rings. The third kappa shape index (κ3) is 4.42. The average Bonchev–Trinajstić information content (AvgIpc) is 3.08. The summed E-state index contributed by atoms with van der Waals surface area (Å²) in [5.74, 6) is -0.682. The molecule has 2 N–H and O–H groups in total. The van der Waals surface area contributed by atoms with Gasteiger partial charge in [-0.25, -0.2) is 0 Å². The minimum Gasteiger partial charge on any atom is -0.383 e. The number of fused-ring (bicyclic) bond motifs is 1. The van der Waals surface area contributed by atoms with Crippen molar-refractivity contribution in [1.29, 1.82) is 0 Å². The van der Waals surface area contributed by atoms with E-state index in [9.17, 15) is 14.4 Å². The van der Waals surface area contributed by atoms with Crippen molar-refractivity contribution >= 4 is 62.8 Å². The standard InChI is InChI=1S/C23H26N4O4S2/c1-25-17-6-4-3-5-15(17)19(26-9-7-14(8-10-26)20(24)28)16(21(25)29)13-18-22(30)27(11-12-31-2)23(32)33-18/h3-6,13-14H,7-12H2,1-2H3,(H2,24,28). The van der Waals surface area contributed by atoms with Gasteiger partial charge in [-0.2, -0.15) is 0 Å². The third-order valence-corrected chi connectivity index (χ3v) is 7.57. The van der Waals surface area contributed by atoms with Crippen LogP contribution in [0.1, 0.15) is 18.4 Å². The number of pyridine rings is 1. The van der Waals surface area contributed by atoms with Crippen LogP contribution in [0.2, 0.25) is 0 Å². The molecule has 2 aromatic rings. The van der Waals surface area contributed by atoms with Gasteiger partial charge in [0, 0.05) is 38.6 Å².